The number of esters is 1. The molecule has 1 N–H and O–H groups in total. The molecule has 2 aromatic heterocycles. The SMILES string of the molecule is CCOC(=O)c1cnc(NCCc2ccnn2C)nc1C. The lowest BCUT2D eigenvalue weighted by atomic mass is 10.2. The van der Waals surface area contributed by atoms with Crippen molar-refractivity contribution in [2.75, 3.05) is 18.5 Å². The van der Waals surface area contributed by atoms with E-state index in [1.54, 1.807) is 20.0 Å². The Morgan fingerprint density at radius 1 is 1.48 bits per heavy atom. The summed E-state index contributed by atoms with van der Waals surface area (Å²) in [5.74, 6) is 0.110. The van der Waals surface area contributed by atoms with E-state index >= 15 is 0 Å². The molecule has 112 valence electrons. The fourth-order valence-corrected chi connectivity index (χ4v) is 1.91. The molecule has 0 aromatic carbocycles. The molecule has 0 radical (unpaired) electrons. The maximum Gasteiger partial charge on any atom is 0.341 e. The summed E-state index contributed by atoms with van der Waals surface area (Å²) in [5.41, 5.74) is 2.13. The number of hydrogen-bond acceptors (Lipinski definition) is 6. The lowest BCUT2D eigenvalue weighted by Gasteiger charge is -2.08. The second-order valence-corrected chi connectivity index (χ2v) is 4.54. The van der Waals surface area contributed by atoms with Crippen molar-refractivity contribution < 1.29 is 9.53 Å². The molecule has 21 heavy (non-hydrogen) atoms. The van der Waals surface area contributed by atoms with Crippen molar-refractivity contribution in [1.82, 2.24) is 19.7 Å². The van der Waals surface area contributed by atoms with Crippen LogP contribution in [0.15, 0.2) is 18.5 Å². The molecule has 0 saturated carbocycles. The van der Waals surface area contributed by atoms with Gasteiger partial charge in [0.15, 0.2) is 0 Å². The first-order chi connectivity index (χ1) is 10.1. The van der Waals surface area contributed by atoms with E-state index in [1.165, 1.54) is 6.20 Å². The second kappa shape index (κ2) is 6.83. The van der Waals surface area contributed by atoms with E-state index in [4.69, 9.17) is 4.74 Å². The second-order valence-electron chi connectivity index (χ2n) is 4.54. The van der Waals surface area contributed by atoms with Crippen molar-refractivity contribution in [3.8, 4) is 0 Å². The highest BCUT2D eigenvalue weighted by molar-refractivity contribution is 5.90. The molecule has 2 aromatic rings. The van der Waals surface area contributed by atoms with E-state index in [0.717, 1.165) is 12.1 Å². The summed E-state index contributed by atoms with van der Waals surface area (Å²) < 4.78 is 6.77. The Labute approximate surface area is 123 Å². The summed E-state index contributed by atoms with van der Waals surface area (Å²) >= 11 is 0. The van der Waals surface area contributed by atoms with Gasteiger partial charge in [0.2, 0.25) is 5.95 Å². The number of nitrogens with one attached hydrogen (secondary N) is 1. The van der Waals surface area contributed by atoms with Crippen LogP contribution in [0.25, 0.3) is 0 Å². The molecule has 7 nitrogen and oxygen atoms in total. The van der Waals surface area contributed by atoms with Crippen LogP contribution in [0.1, 0.15) is 28.7 Å². The zero-order chi connectivity index (χ0) is 15.2. The van der Waals surface area contributed by atoms with Crippen molar-refractivity contribution in [2.45, 2.75) is 20.3 Å². The molecule has 0 aliphatic rings. The third-order valence-electron chi connectivity index (χ3n) is 3.06. The predicted octanol–water partition coefficient (Wildman–Crippen LogP) is 1.35. The Bertz CT molecular complexity index is 624. The van der Waals surface area contributed by atoms with Crippen LogP contribution >= 0.6 is 0 Å². The largest absolute Gasteiger partial charge is 0.462 e. The number of aryl methyl sites for hydroxylation is 2. The van der Waals surface area contributed by atoms with E-state index in [0.29, 0.717) is 30.4 Å². The summed E-state index contributed by atoms with van der Waals surface area (Å²) in [6.07, 6.45) is 4.08. The molecule has 2 heterocycles. The van der Waals surface area contributed by atoms with Gasteiger partial charge in [-0.15, -0.1) is 0 Å². The number of anilines is 1. The Kier molecular flexibility index (Phi) is 4.86. The van der Waals surface area contributed by atoms with Crippen LogP contribution < -0.4 is 5.32 Å². The molecule has 0 aliphatic carbocycles. The van der Waals surface area contributed by atoms with Gasteiger partial charge < -0.3 is 10.1 Å². The third kappa shape index (κ3) is 3.77. The highest BCUT2D eigenvalue weighted by Gasteiger charge is 2.12. The van der Waals surface area contributed by atoms with E-state index < -0.39 is 5.97 Å². The first-order valence-corrected chi connectivity index (χ1v) is 6.83. The van der Waals surface area contributed by atoms with Gasteiger partial charge in [-0.3, -0.25) is 4.68 Å². The zero-order valence-electron chi connectivity index (χ0n) is 12.5. The molecular formula is C14H19N5O2. The highest BCUT2D eigenvalue weighted by atomic mass is 16.5. The fraction of sp³-hybridized carbons (Fsp3) is 0.429. The maximum atomic E-state index is 11.7. The molecule has 0 amide bonds. The topological polar surface area (TPSA) is 81.9 Å². The van der Waals surface area contributed by atoms with Crippen molar-refractivity contribution >= 4 is 11.9 Å². The molecule has 7 heteroatoms. The Hall–Kier alpha value is -2.44. The van der Waals surface area contributed by atoms with Gasteiger partial charge in [-0.2, -0.15) is 5.10 Å². The lowest BCUT2D eigenvalue weighted by molar-refractivity contribution is 0.0524. The van der Waals surface area contributed by atoms with Crippen LogP contribution in [0.4, 0.5) is 5.95 Å². The minimum atomic E-state index is -0.392. The predicted molar refractivity (Wildman–Crippen MR) is 78.1 cm³/mol. The summed E-state index contributed by atoms with van der Waals surface area (Å²) in [6.45, 7) is 4.56. The number of rotatable bonds is 6. The van der Waals surface area contributed by atoms with Crippen molar-refractivity contribution in [2.24, 2.45) is 7.05 Å². The van der Waals surface area contributed by atoms with Crippen LogP contribution in [0.2, 0.25) is 0 Å². The third-order valence-corrected chi connectivity index (χ3v) is 3.06. The number of carbonyl (C=O) groups excluding carboxylic acids is 1. The Morgan fingerprint density at radius 3 is 2.90 bits per heavy atom. The first kappa shape index (κ1) is 15.0. The fourth-order valence-electron chi connectivity index (χ4n) is 1.91. The molecule has 0 unspecified atom stereocenters. The van der Waals surface area contributed by atoms with Crippen molar-refractivity contribution in [3.05, 3.63) is 35.4 Å². The van der Waals surface area contributed by atoms with Crippen LogP contribution in [0.3, 0.4) is 0 Å². The smallest absolute Gasteiger partial charge is 0.341 e. The minimum absolute atomic E-state index is 0.336. The normalized spacial score (nSPS) is 10.4. The molecule has 0 atom stereocenters. The Morgan fingerprint density at radius 2 is 2.29 bits per heavy atom. The zero-order valence-corrected chi connectivity index (χ0v) is 12.5. The molecule has 0 spiro atoms. The maximum absolute atomic E-state index is 11.7. The van der Waals surface area contributed by atoms with Crippen LogP contribution in [0, 0.1) is 6.92 Å². The van der Waals surface area contributed by atoms with Crippen LogP contribution in [-0.2, 0) is 18.2 Å². The number of ether oxygens (including phenoxy) is 1. The standard InChI is InChI=1S/C14H19N5O2/c1-4-21-13(20)12-9-16-14(18-10(12)2)15-7-5-11-6-8-17-19(11)3/h6,8-9H,4-5,7H2,1-3H3,(H,15,16,18). The van der Waals surface area contributed by atoms with E-state index in [1.807, 2.05) is 17.8 Å². The summed E-state index contributed by atoms with van der Waals surface area (Å²) in [5, 5.41) is 7.24. The van der Waals surface area contributed by atoms with Gasteiger partial charge in [0.25, 0.3) is 0 Å². The van der Waals surface area contributed by atoms with E-state index in [-0.39, 0.29) is 0 Å². The average molecular weight is 289 g/mol. The molecule has 0 saturated heterocycles. The molecule has 0 bridgehead atoms. The summed E-state index contributed by atoms with van der Waals surface area (Å²) in [7, 11) is 1.91. The lowest BCUT2D eigenvalue weighted by Crippen LogP contribution is -2.13. The van der Waals surface area contributed by atoms with Gasteiger partial charge in [0.05, 0.1) is 17.9 Å². The van der Waals surface area contributed by atoms with E-state index in [2.05, 4.69) is 20.4 Å². The van der Waals surface area contributed by atoms with Crippen LogP contribution in [-0.4, -0.2) is 38.9 Å². The number of carbonyl (C=O) groups is 1. The number of aromatic nitrogens is 4. The van der Waals surface area contributed by atoms with Crippen molar-refractivity contribution in [3.63, 3.8) is 0 Å². The van der Waals surface area contributed by atoms with Gasteiger partial charge in [0, 0.05) is 38.1 Å². The quantitative estimate of drug-likeness (QED) is 0.808. The van der Waals surface area contributed by atoms with E-state index in [9.17, 15) is 4.79 Å². The summed E-state index contributed by atoms with van der Waals surface area (Å²) in [6, 6.07) is 1.97. The molecule has 2 rings (SSSR count). The highest BCUT2D eigenvalue weighted by Crippen LogP contribution is 2.09. The number of hydrogen-bond donors (Lipinski definition) is 1. The first-order valence-electron chi connectivity index (χ1n) is 6.83. The molecular weight excluding hydrogens is 270 g/mol. The van der Waals surface area contributed by atoms with Crippen molar-refractivity contribution in [1.29, 1.82) is 0 Å². The van der Waals surface area contributed by atoms with Gasteiger partial charge >= 0.3 is 5.97 Å². The monoisotopic (exact) mass is 289 g/mol. The van der Waals surface area contributed by atoms with Gasteiger partial charge in [-0.25, -0.2) is 14.8 Å². The summed E-state index contributed by atoms with van der Waals surface area (Å²) in [4.78, 5) is 20.1. The average Bonchev–Trinajstić information content (AvgIpc) is 2.85. The van der Waals surface area contributed by atoms with Crippen LogP contribution in [0.5, 0.6) is 0 Å². The molecule has 0 aliphatic heterocycles. The Balaban J connectivity index is 1.94. The minimum Gasteiger partial charge on any atom is -0.462 e. The number of nitrogens with zero attached hydrogens (tertiary/aromatic N) is 4. The van der Waals surface area contributed by atoms with Gasteiger partial charge in [-0.05, 0) is 19.9 Å². The molecule has 0 fully saturated rings. The van der Waals surface area contributed by atoms with Gasteiger partial charge in [0.1, 0.15) is 0 Å². The van der Waals surface area contributed by atoms with Gasteiger partial charge in [-0.1, -0.05) is 0 Å².